The fourth-order valence-corrected chi connectivity index (χ4v) is 2.59. The molecule has 2 N–H and O–H groups in total. The minimum atomic E-state index is 0.226. The van der Waals surface area contributed by atoms with Crippen molar-refractivity contribution in [3.63, 3.8) is 0 Å². The van der Waals surface area contributed by atoms with Crippen molar-refractivity contribution in [3.8, 4) is 0 Å². The molecule has 2 heterocycles. The molecule has 0 amide bonds. The van der Waals surface area contributed by atoms with Crippen molar-refractivity contribution < 1.29 is 0 Å². The maximum absolute atomic E-state index is 5.67. The van der Waals surface area contributed by atoms with Crippen LogP contribution in [0.3, 0.4) is 0 Å². The first-order valence-corrected chi connectivity index (χ1v) is 5.82. The van der Waals surface area contributed by atoms with Crippen molar-refractivity contribution in [3.05, 3.63) is 35.3 Å². The van der Waals surface area contributed by atoms with E-state index in [-0.39, 0.29) is 5.41 Å². The van der Waals surface area contributed by atoms with Gasteiger partial charge in [-0.3, -0.25) is 0 Å². The van der Waals surface area contributed by atoms with Gasteiger partial charge in [-0.1, -0.05) is 19.9 Å². The van der Waals surface area contributed by atoms with Crippen molar-refractivity contribution in [2.24, 2.45) is 5.73 Å². The molecule has 2 aromatic heterocycles. The van der Waals surface area contributed by atoms with Crippen LogP contribution in [-0.4, -0.2) is 9.38 Å². The molecule has 0 bridgehead atoms. The second-order valence-corrected chi connectivity index (χ2v) is 5.26. The third-order valence-corrected chi connectivity index (χ3v) is 3.64. The van der Waals surface area contributed by atoms with E-state index >= 15 is 0 Å². The molecule has 16 heavy (non-hydrogen) atoms. The van der Waals surface area contributed by atoms with E-state index < -0.39 is 0 Å². The molecular formula is C13H17N3. The highest BCUT2D eigenvalue weighted by Crippen LogP contribution is 2.37. The topological polar surface area (TPSA) is 43.3 Å². The third-order valence-electron chi connectivity index (χ3n) is 3.64. The van der Waals surface area contributed by atoms with Crippen LogP contribution in [0.5, 0.6) is 0 Å². The number of aromatic nitrogens is 2. The number of rotatable bonds is 1. The molecule has 1 aliphatic carbocycles. The van der Waals surface area contributed by atoms with Crippen LogP contribution >= 0.6 is 0 Å². The van der Waals surface area contributed by atoms with E-state index in [1.54, 1.807) is 0 Å². The highest BCUT2D eigenvalue weighted by molar-refractivity contribution is 5.48. The van der Waals surface area contributed by atoms with Gasteiger partial charge in [0.1, 0.15) is 5.65 Å². The molecule has 3 rings (SSSR count). The molecule has 0 radical (unpaired) electrons. The maximum Gasteiger partial charge on any atom is 0.137 e. The smallest absolute Gasteiger partial charge is 0.137 e. The number of nitrogens with two attached hydrogens (primary N) is 1. The third kappa shape index (κ3) is 1.21. The average Bonchev–Trinajstić information content (AvgIpc) is 2.77. The fourth-order valence-electron chi connectivity index (χ4n) is 2.59. The van der Waals surface area contributed by atoms with E-state index in [2.05, 4.69) is 36.6 Å². The number of hydrogen-bond acceptors (Lipinski definition) is 2. The van der Waals surface area contributed by atoms with Crippen molar-refractivity contribution >= 4 is 5.65 Å². The minimum Gasteiger partial charge on any atom is -0.326 e. The van der Waals surface area contributed by atoms with Crippen molar-refractivity contribution in [2.75, 3.05) is 0 Å². The number of nitrogens with zero attached hydrogens (tertiary/aromatic N) is 2. The fraction of sp³-hybridized carbons (Fsp3) is 0.462. The molecule has 1 aliphatic rings. The first-order valence-electron chi connectivity index (χ1n) is 5.82. The van der Waals surface area contributed by atoms with Crippen molar-refractivity contribution in [1.29, 1.82) is 0 Å². The van der Waals surface area contributed by atoms with Crippen LogP contribution in [0.4, 0.5) is 0 Å². The van der Waals surface area contributed by atoms with Crippen molar-refractivity contribution in [1.82, 2.24) is 9.38 Å². The van der Waals surface area contributed by atoms with Gasteiger partial charge < -0.3 is 10.1 Å². The summed E-state index contributed by atoms with van der Waals surface area (Å²) >= 11 is 0. The lowest BCUT2D eigenvalue weighted by Crippen LogP contribution is -2.12. The Morgan fingerprint density at radius 2 is 2.25 bits per heavy atom. The Bertz CT molecular complexity index is 552. The Morgan fingerprint density at radius 1 is 1.44 bits per heavy atom. The van der Waals surface area contributed by atoms with Crippen molar-refractivity contribution in [2.45, 2.75) is 38.6 Å². The largest absolute Gasteiger partial charge is 0.326 e. The van der Waals surface area contributed by atoms with Crippen LogP contribution in [0, 0.1) is 0 Å². The molecule has 0 aromatic carbocycles. The van der Waals surface area contributed by atoms with Crippen LogP contribution in [0.1, 0.15) is 37.2 Å². The summed E-state index contributed by atoms with van der Waals surface area (Å²) in [5.74, 6) is 0. The van der Waals surface area contributed by atoms with Crippen LogP contribution in [0.2, 0.25) is 0 Å². The van der Waals surface area contributed by atoms with Gasteiger partial charge in [0.15, 0.2) is 0 Å². The normalized spacial score (nSPS) is 17.9. The summed E-state index contributed by atoms with van der Waals surface area (Å²) in [6, 6.07) is 4.13. The standard InChI is InChI=1S/C13H17N3/c1-13(2)6-5-10-12(13)15-11-4-3-9(7-14)8-16(10)11/h3-4,8H,5-7,14H2,1-2H3. The highest BCUT2D eigenvalue weighted by Gasteiger charge is 2.34. The van der Waals surface area contributed by atoms with Gasteiger partial charge in [-0.25, -0.2) is 4.98 Å². The van der Waals surface area contributed by atoms with Crippen LogP contribution in [-0.2, 0) is 18.4 Å². The first kappa shape index (κ1) is 9.85. The van der Waals surface area contributed by atoms with Gasteiger partial charge in [0.2, 0.25) is 0 Å². The molecule has 3 nitrogen and oxygen atoms in total. The Kier molecular flexibility index (Phi) is 1.89. The zero-order valence-electron chi connectivity index (χ0n) is 9.83. The second-order valence-electron chi connectivity index (χ2n) is 5.26. The molecule has 0 saturated heterocycles. The maximum atomic E-state index is 5.67. The number of fused-ring (bicyclic) bond motifs is 3. The lowest BCUT2D eigenvalue weighted by molar-refractivity contribution is 0.510. The average molecular weight is 215 g/mol. The molecule has 3 heteroatoms. The predicted molar refractivity (Wildman–Crippen MR) is 64.4 cm³/mol. The lowest BCUT2D eigenvalue weighted by Gasteiger charge is -2.14. The summed E-state index contributed by atoms with van der Waals surface area (Å²) in [5, 5.41) is 0. The predicted octanol–water partition coefficient (Wildman–Crippen LogP) is 2.02. The Morgan fingerprint density at radius 3 is 3.00 bits per heavy atom. The highest BCUT2D eigenvalue weighted by atomic mass is 15.0. The van der Waals surface area contributed by atoms with Gasteiger partial charge in [0.25, 0.3) is 0 Å². The van der Waals surface area contributed by atoms with E-state index in [9.17, 15) is 0 Å². The van der Waals surface area contributed by atoms with E-state index in [1.807, 2.05) is 0 Å². The summed E-state index contributed by atoms with van der Waals surface area (Å²) in [6.45, 7) is 5.14. The molecule has 0 spiro atoms. The van der Waals surface area contributed by atoms with E-state index in [4.69, 9.17) is 10.7 Å². The summed E-state index contributed by atoms with van der Waals surface area (Å²) in [6.07, 6.45) is 4.44. The summed E-state index contributed by atoms with van der Waals surface area (Å²) in [4.78, 5) is 4.74. The van der Waals surface area contributed by atoms with Crippen LogP contribution in [0.25, 0.3) is 5.65 Å². The van der Waals surface area contributed by atoms with Gasteiger partial charge in [0.05, 0.1) is 5.69 Å². The monoisotopic (exact) mass is 215 g/mol. The van der Waals surface area contributed by atoms with Crippen LogP contribution in [0.15, 0.2) is 18.3 Å². The summed E-state index contributed by atoms with van der Waals surface area (Å²) in [7, 11) is 0. The number of hydrogen-bond donors (Lipinski definition) is 1. The lowest BCUT2D eigenvalue weighted by atomic mass is 9.91. The molecular weight excluding hydrogens is 198 g/mol. The van der Waals surface area contributed by atoms with Gasteiger partial charge >= 0.3 is 0 Å². The van der Waals surface area contributed by atoms with Gasteiger partial charge in [-0.15, -0.1) is 0 Å². The van der Waals surface area contributed by atoms with E-state index in [1.165, 1.54) is 17.8 Å². The SMILES string of the molecule is CC1(C)CCc2c1nc1ccc(CN)cn21. The molecule has 0 saturated carbocycles. The number of imidazole rings is 1. The molecule has 2 aromatic rings. The molecule has 0 unspecified atom stereocenters. The summed E-state index contributed by atoms with van der Waals surface area (Å²) < 4.78 is 2.21. The van der Waals surface area contributed by atoms with Gasteiger partial charge in [-0.2, -0.15) is 0 Å². The Hall–Kier alpha value is -1.35. The van der Waals surface area contributed by atoms with Gasteiger partial charge in [0, 0.05) is 23.9 Å². The van der Waals surface area contributed by atoms with Gasteiger partial charge in [-0.05, 0) is 24.5 Å². The molecule has 0 atom stereocenters. The summed E-state index contributed by atoms with van der Waals surface area (Å²) in [5.41, 5.74) is 10.8. The second kappa shape index (κ2) is 3.08. The molecule has 0 fully saturated rings. The van der Waals surface area contributed by atoms with E-state index in [0.29, 0.717) is 6.54 Å². The van der Waals surface area contributed by atoms with Crippen LogP contribution < -0.4 is 5.73 Å². The quantitative estimate of drug-likeness (QED) is 0.790. The number of aryl methyl sites for hydroxylation is 1. The zero-order chi connectivity index (χ0) is 11.3. The Balaban J connectivity index is 2.28. The first-order chi connectivity index (χ1) is 7.62. The molecule has 0 aliphatic heterocycles. The zero-order valence-corrected chi connectivity index (χ0v) is 9.83. The minimum absolute atomic E-state index is 0.226. The van der Waals surface area contributed by atoms with E-state index in [0.717, 1.165) is 17.6 Å². The molecule has 84 valence electrons. The number of pyridine rings is 1. The Labute approximate surface area is 95.3 Å².